The van der Waals surface area contributed by atoms with E-state index < -0.39 is 0 Å². The van der Waals surface area contributed by atoms with Crippen LogP contribution < -0.4 is 4.90 Å². The number of aromatic nitrogens is 1. The fourth-order valence-electron chi connectivity index (χ4n) is 3.33. The van der Waals surface area contributed by atoms with Gasteiger partial charge in [-0.2, -0.15) is 0 Å². The molecule has 1 heterocycles. The molecule has 0 radical (unpaired) electrons. The number of hydrogen-bond donors (Lipinski definition) is 0. The normalized spacial score (nSPS) is 16.3. The highest BCUT2D eigenvalue weighted by molar-refractivity contribution is 9.10. The van der Waals surface area contributed by atoms with E-state index in [0.29, 0.717) is 6.04 Å². The zero-order valence-corrected chi connectivity index (χ0v) is 15.2. The maximum absolute atomic E-state index is 4.73. The van der Waals surface area contributed by atoms with Gasteiger partial charge in [0.2, 0.25) is 0 Å². The molecule has 0 aliphatic heterocycles. The van der Waals surface area contributed by atoms with Gasteiger partial charge >= 0.3 is 0 Å². The predicted molar refractivity (Wildman–Crippen MR) is 97.5 cm³/mol. The van der Waals surface area contributed by atoms with E-state index in [4.69, 9.17) is 4.98 Å². The summed E-state index contributed by atoms with van der Waals surface area (Å²) in [5.74, 6) is 1.14. The largest absolute Gasteiger partial charge is 0.352 e. The number of halogens is 2. The minimum atomic E-state index is 0.633. The first-order chi connectivity index (χ1) is 10.3. The van der Waals surface area contributed by atoms with E-state index in [1.54, 1.807) is 0 Å². The van der Waals surface area contributed by atoms with Crippen LogP contribution >= 0.6 is 31.9 Å². The van der Waals surface area contributed by atoms with E-state index >= 15 is 0 Å². The highest BCUT2D eigenvalue weighted by Gasteiger charge is 2.23. The fourth-order valence-corrected chi connectivity index (χ4v) is 4.21. The molecule has 0 unspecified atom stereocenters. The van der Waals surface area contributed by atoms with Gasteiger partial charge in [-0.1, -0.05) is 63.3 Å². The molecular weight excluding hydrogens is 392 g/mol. The second-order valence-corrected chi connectivity index (χ2v) is 7.29. The highest BCUT2D eigenvalue weighted by atomic mass is 79.9. The summed E-state index contributed by atoms with van der Waals surface area (Å²) in [5, 5.41) is 3.48. The van der Waals surface area contributed by atoms with E-state index in [-0.39, 0.29) is 0 Å². The summed E-state index contributed by atoms with van der Waals surface area (Å²) in [4.78, 5) is 7.24. The predicted octanol–water partition coefficient (Wildman–Crippen LogP) is 5.53. The Bertz CT molecular complexity index is 609. The van der Waals surface area contributed by atoms with Crippen LogP contribution in [0.3, 0.4) is 0 Å². The molecule has 1 aromatic heterocycles. The SMILES string of the molecule is BrCCN(c1nccc2c(Br)cccc12)C1CCCCC1. The number of fused-ring (bicyclic) bond motifs is 1. The molecule has 2 aromatic rings. The quantitative estimate of drug-likeness (QED) is 0.614. The number of hydrogen-bond acceptors (Lipinski definition) is 2. The molecule has 0 saturated heterocycles. The summed E-state index contributed by atoms with van der Waals surface area (Å²) >= 11 is 7.27. The lowest BCUT2D eigenvalue weighted by Gasteiger charge is -2.35. The van der Waals surface area contributed by atoms with Gasteiger partial charge in [-0.25, -0.2) is 4.98 Å². The summed E-state index contributed by atoms with van der Waals surface area (Å²) in [6.45, 7) is 1.02. The Balaban J connectivity index is 2.04. The van der Waals surface area contributed by atoms with Crippen LogP contribution in [0.1, 0.15) is 32.1 Å². The van der Waals surface area contributed by atoms with Gasteiger partial charge in [0, 0.05) is 39.4 Å². The minimum Gasteiger partial charge on any atom is -0.352 e. The van der Waals surface area contributed by atoms with Gasteiger partial charge in [0.1, 0.15) is 5.82 Å². The first kappa shape index (κ1) is 15.3. The Morgan fingerprint density at radius 2 is 1.90 bits per heavy atom. The van der Waals surface area contributed by atoms with E-state index in [1.165, 1.54) is 42.9 Å². The second-order valence-electron chi connectivity index (χ2n) is 5.64. The molecule has 21 heavy (non-hydrogen) atoms. The molecule has 0 N–H and O–H groups in total. The molecule has 0 bridgehead atoms. The third kappa shape index (κ3) is 3.26. The van der Waals surface area contributed by atoms with Crippen LogP contribution in [0.2, 0.25) is 0 Å². The van der Waals surface area contributed by atoms with Crippen molar-refractivity contribution in [3.8, 4) is 0 Å². The van der Waals surface area contributed by atoms with E-state index in [0.717, 1.165) is 22.2 Å². The van der Waals surface area contributed by atoms with Crippen molar-refractivity contribution in [1.29, 1.82) is 0 Å². The van der Waals surface area contributed by atoms with Crippen molar-refractivity contribution < 1.29 is 0 Å². The van der Waals surface area contributed by atoms with E-state index in [2.05, 4.69) is 61.0 Å². The molecule has 1 saturated carbocycles. The summed E-state index contributed by atoms with van der Waals surface area (Å²) in [5.41, 5.74) is 0. The lowest BCUT2D eigenvalue weighted by Crippen LogP contribution is -2.38. The molecule has 1 aromatic carbocycles. The zero-order chi connectivity index (χ0) is 14.7. The molecule has 3 rings (SSSR count). The van der Waals surface area contributed by atoms with Gasteiger partial charge in [-0.15, -0.1) is 0 Å². The van der Waals surface area contributed by atoms with Gasteiger partial charge in [-0.05, 0) is 25.0 Å². The molecule has 4 heteroatoms. The van der Waals surface area contributed by atoms with Crippen LogP contribution in [0.25, 0.3) is 10.8 Å². The average Bonchev–Trinajstić information content (AvgIpc) is 2.54. The molecule has 0 amide bonds. The smallest absolute Gasteiger partial charge is 0.136 e. The van der Waals surface area contributed by atoms with Crippen LogP contribution in [-0.2, 0) is 0 Å². The number of rotatable bonds is 4. The summed E-state index contributed by atoms with van der Waals surface area (Å²) in [7, 11) is 0. The van der Waals surface area contributed by atoms with E-state index in [1.807, 2.05) is 6.20 Å². The minimum absolute atomic E-state index is 0.633. The maximum Gasteiger partial charge on any atom is 0.136 e. The molecule has 1 aliphatic carbocycles. The number of pyridine rings is 1. The lowest BCUT2D eigenvalue weighted by molar-refractivity contribution is 0.417. The number of benzene rings is 1. The van der Waals surface area contributed by atoms with Gasteiger partial charge < -0.3 is 4.90 Å². The monoisotopic (exact) mass is 410 g/mol. The second kappa shape index (κ2) is 7.10. The van der Waals surface area contributed by atoms with Gasteiger partial charge in [0.15, 0.2) is 0 Å². The van der Waals surface area contributed by atoms with Gasteiger partial charge in [0.25, 0.3) is 0 Å². The summed E-state index contributed by atoms with van der Waals surface area (Å²) in [6.07, 6.45) is 8.59. The van der Waals surface area contributed by atoms with Crippen molar-refractivity contribution in [3.63, 3.8) is 0 Å². The molecule has 0 atom stereocenters. The maximum atomic E-state index is 4.73. The first-order valence-electron chi connectivity index (χ1n) is 7.67. The molecule has 1 aliphatic rings. The number of nitrogens with zero attached hydrogens (tertiary/aromatic N) is 2. The van der Waals surface area contributed by atoms with Crippen molar-refractivity contribution in [2.24, 2.45) is 0 Å². The molecule has 2 nitrogen and oxygen atoms in total. The Morgan fingerprint density at radius 1 is 1.10 bits per heavy atom. The van der Waals surface area contributed by atoms with Crippen LogP contribution in [0.5, 0.6) is 0 Å². The molecule has 0 spiro atoms. The topological polar surface area (TPSA) is 16.1 Å². The standard InChI is InChI=1S/C17H20Br2N2/c18-10-12-21(13-5-2-1-3-6-13)17-15-7-4-8-16(19)14(15)9-11-20-17/h4,7-9,11,13H,1-3,5-6,10,12H2. The third-order valence-electron chi connectivity index (χ3n) is 4.34. The first-order valence-corrected chi connectivity index (χ1v) is 9.58. The Kier molecular flexibility index (Phi) is 5.17. The van der Waals surface area contributed by atoms with Gasteiger partial charge in [0.05, 0.1) is 0 Å². The highest BCUT2D eigenvalue weighted by Crippen LogP contribution is 2.33. The van der Waals surface area contributed by atoms with E-state index in [9.17, 15) is 0 Å². The molecule has 1 fully saturated rings. The number of anilines is 1. The van der Waals surface area contributed by atoms with Crippen LogP contribution in [0, 0.1) is 0 Å². The number of alkyl halides is 1. The molecule has 112 valence electrons. The average molecular weight is 412 g/mol. The van der Waals surface area contributed by atoms with Crippen molar-refractivity contribution in [2.45, 2.75) is 38.1 Å². The Hall–Kier alpha value is -0.610. The summed E-state index contributed by atoms with van der Waals surface area (Å²) in [6, 6.07) is 9.11. The van der Waals surface area contributed by atoms with Crippen molar-refractivity contribution in [1.82, 2.24) is 4.98 Å². The van der Waals surface area contributed by atoms with Crippen molar-refractivity contribution in [3.05, 3.63) is 34.9 Å². The van der Waals surface area contributed by atoms with Crippen LogP contribution in [0.15, 0.2) is 34.9 Å². The Morgan fingerprint density at radius 3 is 2.67 bits per heavy atom. The van der Waals surface area contributed by atoms with Crippen LogP contribution in [0.4, 0.5) is 5.82 Å². The Labute approximate surface area is 143 Å². The lowest BCUT2D eigenvalue weighted by atomic mass is 9.94. The third-order valence-corrected chi connectivity index (χ3v) is 5.39. The summed E-state index contributed by atoms with van der Waals surface area (Å²) < 4.78 is 1.14. The van der Waals surface area contributed by atoms with Crippen LogP contribution in [-0.4, -0.2) is 22.9 Å². The van der Waals surface area contributed by atoms with Crippen molar-refractivity contribution >= 4 is 48.5 Å². The van der Waals surface area contributed by atoms with Gasteiger partial charge in [-0.3, -0.25) is 0 Å². The molecular formula is C17H20Br2N2. The van der Waals surface area contributed by atoms with Crippen molar-refractivity contribution in [2.75, 3.05) is 16.8 Å². The fraction of sp³-hybridized carbons (Fsp3) is 0.471. The zero-order valence-electron chi connectivity index (χ0n) is 12.1.